The number of nitrogens with zero attached hydrogens (tertiary/aromatic N) is 1. The molecule has 1 fully saturated rings. The van der Waals surface area contributed by atoms with Crippen molar-refractivity contribution in [1.29, 1.82) is 0 Å². The number of ether oxygens (including phenoxy) is 1. The first-order valence-corrected chi connectivity index (χ1v) is 10.6. The molecule has 5 nitrogen and oxygen atoms in total. The van der Waals surface area contributed by atoms with E-state index in [0.29, 0.717) is 5.92 Å². The molecule has 1 amide bonds. The third kappa shape index (κ3) is 6.31. The van der Waals surface area contributed by atoms with Crippen LogP contribution in [-0.4, -0.2) is 38.3 Å². The maximum Gasteiger partial charge on any atom is 0.241 e. The van der Waals surface area contributed by atoms with Gasteiger partial charge in [-0.2, -0.15) is 0 Å². The van der Waals surface area contributed by atoms with Crippen molar-refractivity contribution in [2.24, 2.45) is 5.92 Å². The van der Waals surface area contributed by atoms with Gasteiger partial charge in [0.15, 0.2) is 0 Å². The molecule has 2 aromatic rings. The van der Waals surface area contributed by atoms with Gasteiger partial charge in [0.25, 0.3) is 0 Å². The largest absolute Gasteiger partial charge is 0.378 e. The van der Waals surface area contributed by atoms with E-state index in [4.69, 9.17) is 4.74 Å². The van der Waals surface area contributed by atoms with E-state index in [1.807, 2.05) is 37.3 Å². The molecule has 1 saturated heterocycles. The second-order valence-electron chi connectivity index (χ2n) is 8.12. The Morgan fingerprint density at radius 2 is 1.66 bits per heavy atom. The summed E-state index contributed by atoms with van der Waals surface area (Å²) in [7, 11) is 0. The Bertz CT molecular complexity index is 755. The number of amides is 1. The Labute approximate surface area is 174 Å². The zero-order chi connectivity index (χ0) is 20.6. The lowest BCUT2D eigenvalue weighted by atomic mass is 9.96. The number of carbonyl (C=O) groups is 1. The van der Waals surface area contributed by atoms with Gasteiger partial charge in [-0.25, -0.2) is 0 Å². The van der Waals surface area contributed by atoms with Crippen molar-refractivity contribution in [1.82, 2.24) is 5.32 Å². The van der Waals surface area contributed by atoms with E-state index in [9.17, 15) is 4.79 Å². The molecule has 1 heterocycles. The van der Waals surface area contributed by atoms with Gasteiger partial charge in [-0.15, -0.1) is 0 Å². The molecule has 1 aliphatic rings. The van der Waals surface area contributed by atoms with Crippen LogP contribution in [0.5, 0.6) is 0 Å². The Hall–Kier alpha value is -2.37. The highest BCUT2D eigenvalue weighted by Crippen LogP contribution is 2.22. The Kier molecular flexibility index (Phi) is 7.67. The molecular weight excluding hydrogens is 362 g/mol. The Balaban J connectivity index is 1.58. The van der Waals surface area contributed by atoms with Crippen LogP contribution in [0.4, 0.5) is 11.4 Å². The quantitative estimate of drug-likeness (QED) is 0.702. The highest BCUT2D eigenvalue weighted by Gasteiger charge is 2.20. The van der Waals surface area contributed by atoms with Gasteiger partial charge in [0.2, 0.25) is 5.91 Å². The van der Waals surface area contributed by atoms with Gasteiger partial charge in [0.1, 0.15) is 0 Å². The van der Waals surface area contributed by atoms with E-state index in [0.717, 1.165) is 38.4 Å². The monoisotopic (exact) mass is 395 g/mol. The highest BCUT2D eigenvalue weighted by atomic mass is 16.5. The smallest absolute Gasteiger partial charge is 0.241 e. The number of carbonyl (C=O) groups excluding carboxylic acids is 1. The fourth-order valence-corrected chi connectivity index (χ4v) is 3.66. The van der Waals surface area contributed by atoms with E-state index in [2.05, 4.69) is 53.6 Å². The zero-order valence-corrected chi connectivity index (χ0v) is 17.7. The molecule has 0 bridgehead atoms. The minimum absolute atomic E-state index is 0.0196. The number of hydrogen-bond donors (Lipinski definition) is 2. The predicted molar refractivity (Wildman–Crippen MR) is 119 cm³/mol. The molecule has 5 heteroatoms. The number of benzene rings is 2. The van der Waals surface area contributed by atoms with Crippen LogP contribution in [0.25, 0.3) is 0 Å². The summed E-state index contributed by atoms with van der Waals surface area (Å²) in [6, 6.07) is 18.3. The van der Waals surface area contributed by atoms with Crippen molar-refractivity contribution in [3.05, 3.63) is 60.2 Å². The van der Waals surface area contributed by atoms with Crippen molar-refractivity contribution >= 4 is 17.3 Å². The van der Waals surface area contributed by atoms with E-state index in [-0.39, 0.29) is 18.0 Å². The summed E-state index contributed by atoms with van der Waals surface area (Å²) in [5.74, 6) is 0.518. The van der Waals surface area contributed by atoms with Crippen LogP contribution in [0.1, 0.15) is 38.8 Å². The molecule has 0 unspecified atom stereocenters. The minimum atomic E-state index is -0.294. The molecule has 2 aromatic carbocycles. The topological polar surface area (TPSA) is 53.6 Å². The molecule has 29 heavy (non-hydrogen) atoms. The Morgan fingerprint density at radius 1 is 1.00 bits per heavy atom. The summed E-state index contributed by atoms with van der Waals surface area (Å²) in [6.07, 6.45) is 0.982. The van der Waals surface area contributed by atoms with Crippen LogP contribution >= 0.6 is 0 Å². The number of hydrogen-bond acceptors (Lipinski definition) is 4. The highest BCUT2D eigenvalue weighted by molar-refractivity contribution is 5.94. The lowest BCUT2D eigenvalue weighted by Crippen LogP contribution is -2.40. The van der Waals surface area contributed by atoms with E-state index in [1.54, 1.807) is 0 Å². The van der Waals surface area contributed by atoms with Crippen LogP contribution in [0.3, 0.4) is 0 Å². The van der Waals surface area contributed by atoms with Crippen molar-refractivity contribution in [3.63, 3.8) is 0 Å². The number of rotatable bonds is 8. The maximum absolute atomic E-state index is 12.8. The second-order valence-corrected chi connectivity index (χ2v) is 8.12. The van der Waals surface area contributed by atoms with Crippen LogP contribution in [0.2, 0.25) is 0 Å². The number of nitrogens with one attached hydrogen (secondary N) is 2. The van der Waals surface area contributed by atoms with Crippen molar-refractivity contribution in [3.8, 4) is 0 Å². The van der Waals surface area contributed by atoms with Crippen LogP contribution in [0.15, 0.2) is 54.6 Å². The molecule has 0 saturated carbocycles. The van der Waals surface area contributed by atoms with Crippen LogP contribution in [-0.2, 0) is 9.53 Å². The van der Waals surface area contributed by atoms with Crippen LogP contribution in [0, 0.1) is 5.92 Å². The number of anilines is 2. The molecular formula is C24H33N3O2. The van der Waals surface area contributed by atoms with Gasteiger partial charge in [-0.05, 0) is 49.1 Å². The van der Waals surface area contributed by atoms with Crippen LogP contribution < -0.4 is 15.5 Å². The molecule has 3 rings (SSSR count). The van der Waals surface area contributed by atoms with E-state index in [1.165, 1.54) is 11.3 Å². The molecule has 1 aliphatic heterocycles. The summed E-state index contributed by atoms with van der Waals surface area (Å²) >= 11 is 0. The molecule has 0 aromatic heterocycles. The lowest BCUT2D eigenvalue weighted by Gasteiger charge is -2.29. The first-order chi connectivity index (χ1) is 14.0. The third-order valence-corrected chi connectivity index (χ3v) is 5.26. The summed E-state index contributed by atoms with van der Waals surface area (Å²) in [4.78, 5) is 15.1. The molecule has 0 spiro atoms. The minimum Gasteiger partial charge on any atom is -0.378 e. The molecule has 156 valence electrons. The molecule has 2 N–H and O–H groups in total. The third-order valence-electron chi connectivity index (χ3n) is 5.26. The summed E-state index contributed by atoms with van der Waals surface area (Å²) < 4.78 is 5.41. The summed E-state index contributed by atoms with van der Waals surface area (Å²) in [6.45, 7) is 9.68. The van der Waals surface area contributed by atoms with Crippen molar-refractivity contribution < 1.29 is 9.53 Å². The van der Waals surface area contributed by atoms with E-state index < -0.39 is 0 Å². The normalized spacial score (nSPS) is 16.5. The van der Waals surface area contributed by atoms with Gasteiger partial charge in [0, 0.05) is 30.5 Å². The van der Waals surface area contributed by atoms with E-state index >= 15 is 0 Å². The average molecular weight is 396 g/mol. The lowest BCUT2D eigenvalue weighted by molar-refractivity contribution is -0.118. The van der Waals surface area contributed by atoms with Crippen molar-refractivity contribution in [2.75, 3.05) is 36.5 Å². The Morgan fingerprint density at radius 3 is 2.28 bits per heavy atom. The molecule has 0 radical (unpaired) electrons. The zero-order valence-electron chi connectivity index (χ0n) is 17.7. The average Bonchev–Trinajstić information content (AvgIpc) is 2.74. The van der Waals surface area contributed by atoms with Gasteiger partial charge in [0.05, 0.1) is 19.3 Å². The summed E-state index contributed by atoms with van der Waals surface area (Å²) in [5, 5.41) is 6.55. The fraction of sp³-hybridized carbons (Fsp3) is 0.458. The molecule has 2 atom stereocenters. The first-order valence-electron chi connectivity index (χ1n) is 10.6. The summed E-state index contributed by atoms with van der Waals surface area (Å²) in [5.41, 5.74) is 3.20. The van der Waals surface area contributed by atoms with Gasteiger partial charge in [-0.1, -0.05) is 44.2 Å². The van der Waals surface area contributed by atoms with Gasteiger partial charge >= 0.3 is 0 Å². The SMILES string of the molecule is CC(C)C[C@H](N[C@H](C)C(=O)Nc1ccc(N2CCOCC2)cc1)c1ccccc1. The number of morpholine rings is 1. The molecule has 0 aliphatic carbocycles. The van der Waals surface area contributed by atoms with Gasteiger partial charge < -0.3 is 15.0 Å². The maximum atomic E-state index is 12.8. The fourth-order valence-electron chi connectivity index (χ4n) is 3.66. The predicted octanol–water partition coefficient (Wildman–Crippen LogP) is 4.23. The first kappa shape index (κ1) is 21.3. The second kappa shape index (κ2) is 10.4. The van der Waals surface area contributed by atoms with Gasteiger partial charge in [-0.3, -0.25) is 10.1 Å². The van der Waals surface area contributed by atoms with Crippen molar-refractivity contribution in [2.45, 2.75) is 39.3 Å². The standard InChI is InChI=1S/C24H33N3O2/c1-18(2)17-23(20-7-5-4-6-8-20)25-19(3)24(28)26-21-9-11-22(12-10-21)27-13-15-29-16-14-27/h4-12,18-19,23,25H,13-17H2,1-3H3,(H,26,28)/t19-,23+/m1/s1.